The number of nitrogens with zero attached hydrogens (tertiary/aromatic N) is 1. The number of carbonyl (C=O) groups excluding carboxylic acids is 2. The Kier molecular flexibility index (Phi) is 6.68. The van der Waals surface area contributed by atoms with E-state index in [1.165, 1.54) is 4.90 Å². The lowest BCUT2D eigenvalue weighted by molar-refractivity contribution is -0.136. The summed E-state index contributed by atoms with van der Waals surface area (Å²) in [5.74, 6) is -0.802. The van der Waals surface area contributed by atoms with Gasteiger partial charge >= 0.3 is 6.09 Å². The van der Waals surface area contributed by atoms with E-state index in [4.69, 9.17) is 9.16 Å². The Hall–Kier alpha value is -2.44. The number of carbonyl (C=O) groups is 2. The molecule has 1 saturated heterocycles. The van der Waals surface area contributed by atoms with Crippen LogP contribution in [0, 0.1) is 11.3 Å². The van der Waals surface area contributed by atoms with Gasteiger partial charge in [0.05, 0.1) is 5.92 Å². The average molecular weight is 454 g/mol. The summed E-state index contributed by atoms with van der Waals surface area (Å²) < 4.78 is 12.1. The summed E-state index contributed by atoms with van der Waals surface area (Å²) in [6.45, 7) is 11.6. The molecule has 0 radical (unpaired) electrons. The molecule has 1 unspecified atom stereocenters. The van der Waals surface area contributed by atoms with Gasteiger partial charge in [-0.3, -0.25) is 4.79 Å². The molecule has 32 heavy (non-hydrogen) atoms. The zero-order valence-electron chi connectivity index (χ0n) is 20.2. The zero-order valence-corrected chi connectivity index (χ0v) is 22.2. The second-order valence-electron chi connectivity index (χ2n) is 10.5. The molecule has 0 N–H and O–H groups in total. The van der Waals surface area contributed by atoms with E-state index in [1.807, 2.05) is 81.4 Å². The number of hydrogen-bond acceptors (Lipinski definition) is 4. The maximum absolute atomic E-state index is 14.0. The molecule has 0 saturated carbocycles. The van der Waals surface area contributed by atoms with Crippen molar-refractivity contribution in [1.82, 2.24) is 4.90 Å². The molecular formula is C26H35NO4Si. The fourth-order valence-electron chi connectivity index (χ4n) is 4.68. The lowest BCUT2D eigenvalue weighted by Crippen LogP contribution is -2.48. The van der Waals surface area contributed by atoms with Gasteiger partial charge in [-0.2, -0.15) is 0 Å². The quantitative estimate of drug-likeness (QED) is 0.643. The van der Waals surface area contributed by atoms with Crippen LogP contribution in [0.25, 0.3) is 0 Å². The lowest BCUT2D eigenvalue weighted by atomic mass is 9.73. The average Bonchev–Trinajstić information content (AvgIpc) is 3.08. The molecule has 6 heteroatoms. The van der Waals surface area contributed by atoms with Crippen LogP contribution in [-0.4, -0.2) is 39.0 Å². The van der Waals surface area contributed by atoms with E-state index in [1.54, 1.807) is 0 Å². The predicted molar refractivity (Wildman–Crippen MR) is 129 cm³/mol. The van der Waals surface area contributed by atoms with Gasteiger partial charge in [-0.25, -0.2) is 9.69 Å². The molecular weight excluding hydrogens is 418 g/mol. The maximum Gasteiger partial charge on any atom is 0.417 e. The van der Waals surface area contributed by atoms with Gasteiger partial charge in [0.2, 0.25) is 5.91 Å². The van der Waals surface area contributed by atoms with Gasteiger partial charge in [-0.05, 0) is 43.7 Å². The lowest BCUT2D eigenvalue weighted by Gasteiger charge is -2.38. The summed E-state index contributed by atoms with van der Waals surface area (Å²) in [4.78, 5) is 28.6. The van der Waals surface area contributed by atoms with Crippen molar-refractivity contribution in [2.45, 2.75) is 65.2 Å². The van der Waals surface area contributed by atoms with Crippen molar-refractivity contribution in [3.8, 4) is 0 Å². The van der Waals surface area contributed by atoms with Gasteiger partial charge < -0.3 is 9.16 Å². The first-order valence-corrected chi connectivity index (χ1v) is 12.0. The van der Waals surface area contributed by atoms with E-state index >= 15 is 0 Å². The van der Waals surface area contributed by atoms with Crippen molar-refractivity contribution in [1.29, 1.82) is 0 Å². The third-order valence-corrected chi connectivity index (χ3v) is 6.76. The zero-order chi connectivity index (χ0) is 23.7. The van der Waals surface area contributed by atoms with Crippen LogP contribution in [0.15, 0.2) is 60.7 Å². The molecule has 2 amide bonds. The Morgan fingerprint density at radius 3 is 1.75 bits per heavy atom. The van der Waals surface area contributed by atoms with Gasteiger partial charge in [-0.15, -0.1) is 0 Å². The normalized spacial score (nSPS) is 19.9. The smallest absolute Gasteiger partial charge is 0.417 e. The number of benzene rings is 2. The molecule has 5 nitrogen and oxygen atoms in total. The topological polar surface area (TPSA) is 55.8 Å². The summed E-state index contributed by atoms with van der Waals surface area (Å²) in [7, 11) is 0.420. The highest BCUT2D eigenvalue weighted by Gasteiger charge is 2.57. The van der Waals surface area contributed by atoms with Crippen LogP contribution in [0.2, 0.25) is 0 Å². The van der Waals surface area contributed by atoms with Crippen LogP contribution in [0.3, 0.4) is 0 Å². The van der Waals surface area contributed by atoms with Crippen LogP contribution in [-0.2, 0) is 19.6 Å². The monoisotopic (exact) mass is 453 g/mol. The van der Waals surface area contributed by atoms with E-state index in [0.717, 1.165) is 11.1 Å². The molecule has 1 fully saturated rings. The van der Waals surface area contributed by atoms with Crippen LogP contribution < -0.4 is 0 Å². The standard InChI is InChI=1S/C26H35NO4Si/c1-24(2,3)21-17-20(22(28)27(21)23(29)30-25(4,5)6)26(31-32,18-13-9-7-10-14-18)19-15-11-8-12-16-19/h7-16,20-21H,17H2,1-6,32H3/t20?,21-/m0/s1. The Bertz CT molecular complexity index is 908. The number of imide groups is 1. The summed E-state index contributed by atoms with van der Waals surface area (Å²) in [6, 6.07) is 19.4. The van der Waals surface area contributed by atoms with Crippen molar-refractivity contribution >= 4 is 22.5 Å². The molecule has 3 rings (SSSR count). The number of hydrogen-bond donors (Lipinski definition) is 0. The number of likely N-dealkylation sites (tertiary alicyclic amines) is 1. The fourth-order valence-corrected chi connectivity index (χ4v) is 5.43. The molecule has 1 aliphatic rings. The van der Waals surface area contributed by atoms with Gasteiger partial charge in [0, 0.05) is 6.04 Å². The van der Waals surface area contributed by atoms with Crippen molar-refractivity contribution in [2.75, 3.05) is 0 Å². The summed E-state index contributed by atoms with van der Waals surface area (Å²) in [6.07, 6.45) is -0.0959. The van der Waals surface area contributed by atoms with Crippen molar-refractivity contribution in [2.24, 2.45) is 11.3 Å². The van der Waals surface area contributed by atoms with Crippen LogP contribution in [0.1, 0.15) is 59.1 Å². The molecule has 2 atom stereocenters. The SMILES string of the molecule is CC(C)(C)OC(=O)N1C(=O)C(C(O[SiH3])(c2ccccc2)c2ccccc2)C[C@H]1C(C)(C)C. The van der Waals surface area contributed by atoms with E-state index < -0.39 is 23.2 Å². The highest BCUT2D eigenvalue weighted by Crippen LogP contribution is 2.49. The van der Waals surface area contributed by atoms with Gasteiger partial charge in [0.25, 0.3) is 0 Å². The first-order valence-electron chi connectivity index (χ1n) is 11.1. The maximum atomic E-state index is 14.0. The van der Waals surface area contributed by atoms with E-state index in [-0.39, 0.29) is 17.4 Å². The highest BCUT2D eigenvalue weighted by molar-refractivity contribution is 6.00. The predicted octanol–water partition coefficient (Wildman–Crippen LogP) is 4.43. The van der Waals surface area contributed by atoms with Crippen molar-refractivity contribution in [3.05, 3.63) is 71.8 Å². The minimum atomic E-state index is -0.966. The summed E-state index contributed by atoms with van der Waals surface area (Å²) in [5, 5.41) is 0. The fraction of sp³-hybridized carbons (Fsp3) is 0.462. The van der Waals surface area contributed by atoms with Crippen LogP contribution >= 0.6 is 0 Å². The number of ether oxygens (including phenoxy) is 1. The van der Waals surface area contributed by atoms with E-state index in [0.29, 0.717) is 16.9 Å². The molecule has 1 heterocycles. The number of rotatable bonds is 4. The van der Waals surface area contributed by atoms with Crippen molar-refractivity contribution in [3.63, 3.8) is 0 Å². The molecule has 0 spiro atoms. The Morgan fingerprint density at radius 1 is 0.906 bits per heavy atom. The molecule has 0 bridgehead atoms. The van der Waals surface area contributed by atoms with Gasteiger partial charge in [0.15, 0.2) is 0 Å². The molecule has 172 valence electrons. The Balaban J connectivity index is 2.17. The number of amides is 2. The Morgan fingerprint density at radius 2 is 1.38 bits per heavy atom. The van der Waals surface area contributed by atoms with E-state index in [2.05, 4.69) is 20.8 Å². The van der Waals surface area contributed by atoms with Crippen molar-refractivity contribution < 1.29 is 18.8 Å². The minimum Gasteiger partial charge on any atom is -0.443 e. The largest absolute Gasteiger partial charge is 0.443 e. The second-order valence-corrected chi connectivity index (χ2v) is 10.9. The molecule has 2 aromatic rings. The summed E-state index contributed by atoms with van der Waals surface area (Å²) in [5.41, 5.74) is -0.142. The molecule has 0 aromatic heterocycles. The summed E-state index contributed by atoms with van der Waals surface area (Å²) >= 11 is 0. The third-order valence-electron chi connectivity index (χ3n) is 6.11. The van der Waals surface area contributed by atoms with E-state index in [9.17, 15) is 9.59 Å². The van der Waals surface area contributed by atoms with Gasteiger partial charge in [-0.1, -0.05) is 81.4 Å². The Labute approximate surface area is 194 Å². The first-order chi connectivity index (χ1) is 14.9. The highest BCUT2D eigenvalue weighted by atomic mass is 28.2. The first kappa shape index (κ1) is 24.2. The van der Waals surface area contributed by atoms with Crippen LogP contribution in [0.4, 0.5) is 4.79 Å². The van der Waals surface area contributed by atoms with Gasteiger partial charge in [0.1, 0.15) is 21.7 Å². The molecule has 1 aliphatic heterocycles. The molecule has 2 aromatic carbocycles. The second kappa shape index (κ2) is 8.83. The minimum absolute atomic E-state index is 0.247. The van der Waals surface area contributed by atoms with Crippen LogP contribution in [0.5, 0.6) is 0 Å². The molecule has 0 aliphatic carbocycles. The third kappa shape index (κ3) is 4.52.